The third-order valence-corrected chi connectivity index (χ3v) is 7.45. The Hall–Kier alpha value is -2.90. The largest absolute Gasteiger partial charge is 0.480 e. The van der Waals surface area contributed by atoms with Crippen LogP contribution in [0.1, 0.15) is 23.0 Å². The monoisotopic (exact) mass is 550 g/mol. The molecule has 4 rings (SSSR count). The number of benzene rings is 1. The molecule has 2 aliphatic heterocycles. The molecule has 10 nitrogen and oxygen atoms in total. The minimum Gasteiger partial charge on any atom is -0.480 e. The predicted octanol–water partition coefficient (Wildman–Crippen LogP) is 1.87. The van der Waals surface area contributed by atoms with E-state index in [0.29, 0.717) is 60.3 Å². The molecule has 1 saturated heterocycles. The summed E-state index contributed by atoms with van der Waals surface area (Å²) in [5.74, 6) is -1.56. The van der Waals surface area contributed by atoms with Gasteiger partial charge in [-0.2, -0.15) is 0 Å². The van der Waals surface area contributed by atoms with Gasteiger partial charge >= 0.3 is 11.9 Å². The van der Waals surface area contributed by atoms with E-state index in [0.717, 1.165) is 13.1 Å². The summed E-state index contributed by atoms with van der Waals surface area (Å²) in [7, 11) is 1.30. The van der Waals surface area contributed by atoms with Crippen LogP contribution in [0.2, 0.25) is 5.02 Å². The minimum atomic E-state index is -1.00. The summed E-state index contributed by atoms with van der Waals surface area (Å²) >= 11 is 7.80. The fourth-order valence-corrected chi connectivity index (χ4v) is 5.17. The van der Waals surface area contributed by atoms with Gasteiger partial charge in [0.2, 0.25) is 0 Å². The first kappa shape index (κ1) is 27.1. The first-order chi connectivity index (χ1) is 17.8. The van der Waals surface area contributed by atoms with Gasteiger partial charge in [0.1, 0.15) is 17.9 Å². The number of nitrogens with one attached hydrogen (secondary N) is 1. The van der Waals surface area contributed by atoms with Gasteiger partial charge in [0.25, 0.3) is 0 Å². The molecule has 0 spiro atoms. The highest BCUT2D eigenvalue weighted by atomic mass is 35.5. The van der Waals surface area contributed by atoms with Gasteiger partial charge in [-0.1, -0.05) is 17.7 Å². The molecule has 3 heterocycles. The van der Waals surface area contributed by atoms with Crippen molar-refractivity contribution >= 4 is 40.7 Å². The zero-order valence-corrected chi connectivity index (χ0v) is 21.8. The van der Waals surface area contributed by atoms with Gasteiger partial charge in [0, 0.05) is 67.1 Å². The van der Waals surface area contributed by atoms with Crippen molar-refractivity contribution in [2.45, 2.75) is 18.5 Å². The van der Waals surface area contributed by atoms with Crippen molar-refractivity contribution in [2.24, 2.45) is 10.7 Å². The first-order valence-corrected chi connectivity index (χ1v) is 13.0. The molecule has 13 heteroatoms. The van der Waals surface area contributed by atoms with Crippen LogP contribution in [-0.4, -0.2) is 90.1 Å². The molecule has 0 radical (unpaired) electrons. The zero-order valence-electron chi connectivity index (χ0n) is 20.2. The average molecular weight is 551 g/mol. The number of nitrogens with zero attached hydrogens (tertiary/aromatic N) is 4. The Morgan fingerprint density at radius 3 is 2.68 bits per heavy atom. The van der Waals surface area contributed by atoms with Crippen molar-refractivity contribution in [2.75, 3.05) is 46.4 Å². The molecule has 4 N–H and O–H groups in total. The van der Waals surface area contributed by atoms with Gasteiger partial charge in [-0.25, -0.2) is 14.2 Å². The molecule has 37 heavy (non-hydrogen) atoms. The van der Waals surface area contributed by atoms with Crippen LogP contribution < -0.4 is 11.1 Å². The van der Waals surface area contributed by atoms with Crippen molar-refractivity contribution in [1.29, 1.82) is 0 Å². The number of thiazole rings is 1. The molecule has 198 valence electrons. The van der Waals surface area contributed by atoms with Crippen LogP contribution in [0.3, 0.4) is 0 Å². The van der Waals surface area contributed by atoms with E-state index in [9.17, 15) is 14.0 Å². The maximum Gasteiger partial charge on any atom is 0.338 e. The van der Waals surface area contributed by atoms with Crippen molar-refractivity contribution in [3.05, 3.63) is 62.5 Å². The molecule has 1 aromatic heterocycles. The number of ether oxygens (including phenoxy) is 1. The number of hydrogen-bond acceptors (Lipinski definition) is 10. The number of aromatic nitrogens is 1. The standard InChI is InChI=1S/C24H28ClFN6O4S/c1-36-24(35)19-18(13-32-9-7-31(8-10-32)6-4-17(27)23(33)34)29-21(22-28-5-11-37-22)30-20(19)15-3-2-14(26)12-16(15)25/h2-3,5,11-12,17,20H,4,6-10,13,27H2,1H3,(H,29,30)(H,33,34)/t17?,20-/m0/s1. The minimum absolute atomic E-state index is 0.156. The van der Waals surface area contributed by atoms with Gasteiger partial charge in [0.15, 0.2) is 10.8 Å². The van der Waals surface area contributed by atoms with Crippen LogP contribution in [0.4, 0.5) is 4.39 Å². The second-order valence-electron chi connectivity index (χ2n) is 8.74. The molecule has 0 amide bonds. The molecule has 1 aromatic carbocycles. The average Bonchev–Trinajstić information content (AvgIpc) is 3.42. The van der Waals surface area contributed by atoms with Crippen LogP contribution in [0.25, 0.3) is 0 Å². The number of amidine groups is 1. The molecule has 0 saturated carbocycles. The van der Waals surface area contributed by atoms with Crippen LogP contribution in [0.15, 0.2) is 46.0 Å². The second kappa shape index (κ2) is 12.1. The smallest absolute Gasteiger partial charge is 0.338 e. The zero-order chi connectivity index (χ0) is 26.5. The summed E-state index contributed by atoms with van der Waals surface area (Å²) in [5, 5.41) is 14.9. The van der Waals surface area contributed by atoms with Crippen molar-refractivity contribution in [3.8, 4) is 0 Å². The normalized spacial score (nSPS) is 19.8. The Bertz CT molecular complexity index is 1200. The topological polar surface area (TPSA) is 133 Å². The lowest BCUT2D eigenvalue weighted by Crippen LogP contribution is -2.49. The Labute approximate surface area is 222 Å². The number of aliphatic carboxylic acids is 1. The molecular weight excluding hydrogens is 523 g/mol. The molecule has 0 bridgehead atoms. The summed E-state index contributed by atoms with van der Waals surface area (Å²) < 4.78 is 18.9. The number of hydrogen-bond donors (Lipinski definition) is 3. The molecule has 2 aliphatic rings. The van der Waals surface area contributed by atoms with E-state index >= 15 is 0 Å². The first-order valence-electron chi connectivity index (χ1n) is 11.7. The van der Waals surface area contributed by atoms with E-state index in [1.807, 2.05) is 5.38 Å². The summed E-state index contributed by atoms with van der Waals surface area (Å²) in [6.07, 6.45) is 2.04. The van der Waals surface area contributed by atoms with E-state index in [1.54, 1.807) is 6.20 Å². The predicted molar refractivity (Wildman–Crippen MR) is 138 cm³/mol. The van der Waals surface area contributed by atoms with Crippen LogP contribution >= 0.6 is 22.9 Å². The summed E-state index contributed by atoms with van der Waals surface area (Å²) in [4.78, 5) is 37.5. The lowest BCUT2D eigenvalue weighted by atomic mass is 9.95. The number of halogens is 2. The van der Waals surface area contributed by atoms with E-state index in [1.165, 1.54) is 36.6 Å². The summed E-state index contributed by atoms with van der Waals surface area (Å²) in [5.41, 5.74) is 7.02. The number of piperazine rings is 1. The quantitative estimate of drug-likeness (QED) is 0.400. The maximum absolute atomic E-state index is 13.8. The van der Waals surface area contributed by atoms with Gasteiger partial charge in [-0.3, -0.25) is 14.7 Å². The lowest BCUT2D eigenvalue weighted by molar-refractivity contribution is -0.139. The number of esters is 1. The Morgan fingerprint density at radius 2 is 2.05 bits per heavy atom. The maximum atomic E-state index is 13.8. The highest BCUT2D eigenvalue weighted by molar-refractivity contribution is 7.11. The molecule has 2 atom stereocenters. The molecule has 1 unspecified atom stereocenters. The van der Waals surface area contributed by atoms with Gasteiger partial charge in [-0.15, -0.1) is 11.3 Å². The van der Waals surface area contributed by atoms with E-state index in [4.69, 9.17) is 32.2 Å². The number of carboxylic acid groups (broad SMARTS) is 1. The Morgan fingerprint density at radius 1 is 1.32 bits per heavy atom. The van der Waals surface area contributed by atoms with E-state index in [-0.39, 0.29) is 5.02 Å². The van der Waals surface area contributed by atoms with Crippen molar-refractivity contribution in [1.82, 2.24) is 20.1 Å². The number of carboxylic acids is 1. The second-order valence-corrected chi connectivity index (χ2v) is 10.0. The van der Waals surface area contributed by atoms with Crippen LogP contribution in [-0.2, 0) is 14.3 Å². The third kappa shape index (κ3) is 6.51. The summed E-state index contributed by atoms with van der Waals surface area (Å²) in [6, 6.07) is 2.32. The Balaban J connectivity index is 1.59. The summed E-state index contributed by atoms with van der Waals surface area (Å²) in [6.45, 7) is 3.87. The van der Waals surface area contributed by atoms with Gasteiger partial charge < -0.3 is 25.8 Å². The van der Waals surface area contributed by atoms with Gasteiger partial charge in [0.05, 0.1) is 12.7 Å². The number of carbonyl (C=O) groups excluding carboxylic acids is 1. The highest BCUT2D eigenvalue weighted by Gasteiger charge is 2.34. The third-order valence-electron chi connectivity index (χ3n) is 6.34. The number of carbonyl (C=O) groups is 2. The van der Waals surface area contributed by atoms with Crippen molar-refractivity contribution in [3.63, 3.8) is 0 Å². The SMILES string of the molecule is COC(=O)C1=C(CN2CCN(CCC(N)C(=O)O)CC2)NC(c2nccs2)=N[C@H]1c1ccc(F)cc1Cl. The van der Waals surface area contributed by atoms with Gasteiger partial charge in [-0.05, 0) is 18.6 Å². The molecule has 1 fully saturated rings. The fraction of sp³-hybridized carbons (Fsp3) is 0.417. The molecule has 2 aromatic rings. The number of rotatable bonds is 9. The van der Waals surface area contributed by atoms with Crippen LogP contribution in [0, 0.1) is 5.82 Å². The number of nitrogens with two attached hydrogens (primary N) is 1. The number of aliphatic imine (C=N–C) groups is 1. The van der Waals surface area contributed by atoms with Crippen molar-refractivity contribution < 1.29 is 23.8 Å². The van der Waals surface area contributed by atoms with E-state index < -0.39 is 29.8 Å². The Kier molecular flexibility index (Phi) is 8.87. The molecular formula is C24H28ClFN6O4S. The number of methoxy groups -OCH3 is 1. The van der Waals surface area contributed by atoms with Crippen LogP contribution in [0.5, 0.6) is 0 Å². The lowest BCUT2D eigenvalue weighted by Gasteiger charge is -2.36. The van der Waals surface area contributed by atoms with E-state index in [2.05, 4.69) is 20.1 Å². The highest BCUT2D eigenvalue weighted by Crippen LogP contribution is 2.36. The molecule has 0 aliphatic carbocycles. The fourth-order valence-electron chi connectivity index (χ4n) is 4.31.